The number of aryl methyl sites for hydroxylation is 3. The van der Waals surface area contributed by atoms with Gasteiger partial charge in [-0.15, -0.1) is 0 Å². The lowest BCUT2D eigenvalue weighted by Crippen LogP contribution is -2.11. The Bertz CT molecular complexity index is 573. The maximum atomic E-state index is 9.34. The van der Waals surface area contributed by atoms with Gasteiger partial charge in [0.25, 0.3) is 0 Å². The topological polar surface area (TPSA) is 64.5 Å². The summed E-state index contributed by atoms with van der Waals surface area (Å²) in [5.41, 5.74) is 4.82. The van der Waals surface area contributed by atoms with Crippen molar-refractivity contribution in [3.8, 4) is 6.07 Å². The summed E-state index contributed by atoms with van der Waals surface area (Å²) >= 11 is 0. The highest BCUT2D eigenvalue weighted by Gasteiger charge is 2.18. The van der Waals surface area contributed by atoms with Crippen molar-refractivity contribution in [1.82, 2.24) is 10.2 Å². The summed E-state index contributed by atoms with van der Waals surface area (Å²) in [4.78, 5) is 0. The minimum absolute atomic E-state index is 0.384. The van der Waals surface area contributed by atoms with Crippen LogP contribution in [-0.2, 0) is 0 Å². The van der Waals surface area contributed by atoms with E-state index >= 15 is 0 Å². The number of aromatic amines is 1. The van der Waals surface area contributed by atoms with Gasteiger partial charge in [-0.1, -0.05) is 18.2 Å². The molecule has 2 N–H and O–H groups in total. The molecule has 1 atom stereocenters. The van der Waals surface area contributed by atoms with Gasteiger partial charge in [0.05, 0.1) is 11.8 Å². The number of anilines is 1. The first kappa shape index (κ1) is 12.2. The van der Waals surface area contributed by atoms with E-state index in [1.165, 1.54) is 0 Å². The molecule has 0 aliphatic heterocycles. The summed E-state index contributed by atoms with van der Waals surface area (Å²) in [5.74, 6) is 0. The maximum absolute atomic E-state index is 9.34. The van der Waals surface area contributed by atoms with Crippen molar-refractivity contribution in [3.63, 3.8) is 0 Å². The summed E-state index contributed by atoms with van der Waals surface area (Å²) in [5, 5.41) is 19.6. The molecular weight excluding hydrogens is 224 g/mol. The van der Waals surface area contributed by atoms with Gasteiger partial charge < -0.3 is 5.32 Å². The molecule has 2 aromatic rings. The number of nitrogens with one attached hydrogen (secondary N) is 2. The standard InChI is InChI=1S/C14H16N4/c1-9-6-4-5-7-12(9)16-13(8-15)14-10(2)17-18-11(14)3/h4-7,13,16H,1-3H3,(H,17,18). The van der Waals surface area contributed by atoms with Crippen molar-refractivity contribution < 1.29 is 0 Å². The van der Waals surface area contributed by atoms with Crippen LogP contribution in [0.1, 0.15) is 28.6 Å². The molecule has 2 rings (SSSR count). The van der Waals surface area contributed by atoms with Crippen molar-refractivity contribution in [2.24, 2.45) is 0 Å². The van der Waals surface area contributed by atoms with E-state index in [9.17, 15) is 5.26 Å². The summed E-state index contributed by atoms with van der Waals surface area (Å²) in [6.07, 6.45) is 0. The number of hydrogen-bond donors (Lipinski definition) is 2. The number of para-hydroxylation sites is 1. The van der Waals surface area contributed by atoms with Crippen LogP contribution in [0.4, 0.5) is 5.69 Å². The van der Waals surface area contributed by atoms with Gasteiger partial charge in [0.2, 0.25) is 0 Å². The minimum Gasteiger partial charge on any atom is -0.366 e. The number of hydrogen-bond acceptors (Lipinski definition) is 3. The molecule has 1 unspecified atom stereocenters. The van der Waals surface area contributed by atoms with Crippen LogP contribution in [0, 0.1) is 32.1 Å². The molecule has 0 fully saturated rings. The molecule has 0 saturated heterocycles. The van der Waals surface area contributed by atoms with Gasteiger partial charge in [-0.3, -0.25) is 5.10 Å². The maximum Gasteiger partial charge on any atom is 0.143 e. The number of rotatable bonds is 3. The van der Waals surface area contributed by atoms with Gasteiger partial charge in [-0.05, 0) is 32.4 Å². The zero-order valence-corrected chi connectivity index (χ0v) is 10.8. The Morgan fingerprint density at radius 1 is 1.28 bits per heavy atom. The third kappa shape index (κ3) is 2.21. The van der Waals surface area contributed by atoms with Crippen LogP contribution in [0.5, 0.6) is 0 Å². The number of H-pyrrole nitrogens is 1. The van der Waals surface area contributed by atoms with E-state index in [2.05, 4.69) is 21.6 Å². The second-order valence-corrected chi connectivity index (χ2v) is 4.37. The van der Waals surface area contributed by atoms with Gasteiger partial charge in [0.15, 0.2) is 0 Å². The number of nitriles is 1. The normalized spacial score (nSPS) is 11.9. The lowest BCUT2D eigenvalue weighted by molar-refractivity contribution is 0.965. The molecule has 0 bridgehead atoms. The lowest BCUT2D eigenvalue weighted by Gasteiger charge is -2.15. The molecular formula is C14H16N4. The van der Waals surface area contributed by atoms with E-state index in [4.69, 9.17) is 0 Å². The Morgan fingerprint density at radius 3 is 2.56 bits per heavy atom. The van der Waals surface area contributed by atoms with E-state index in [-0.39, 0.29) is 6.04 Å². The highest BCUT2D eigenvalue weighted by molar-refractivity contribution is 5.54. The quantitative estimate of drug-likeness (QED) is 0.866. The predicted molar refractivity (Wildman–Crippen MR) is 71.2 cm³/mol. The second kappa shape index (κ2) is 4.92. The molecule has 0 aliphatic rings. The van der Waals surface area contributed by atoms with Gasteiger partial charge in [-0.2, -0.15) is 10.4 Å². The SMILES string of the molecule is Cc1ccccc1NC(C#N)c1c(C)n[nH]c1C. The molecule has 0 spiro atoms. The third-order valence-electron chi connectivity index (χ3n) is 3.05. The van der Waals surface area contributed by atoms with E-state index < -0.39 is 0 Å². The average Bonchev–Trinajstić information content (AvgIpc) is 2.69. The van der Waals surface area contributed by atoms with E-state index in [1.807, 2.05) is 45.0 Å². The first-order valence-electron chi connectivity index (χ1n) is 5.86. The van der Waals surface area contributed by atoms with Gasteiger partial charge >= 0.3 is 0 Å². The lowest BCUT2D eigenvalue weighted by atomic mass is 10.1. The van der Waals surface area contributed by atoms with E-state index in [0.717, 1.165) is 28.2 Å². The Kier molecular flexibility index (Phi) is 3.33. The minimum atomic E-state index is -0.384. The van der Waals surface area contributed by atoms with Crippen molar-refractivity contribution >= 4 is 5.69 Å². The molecule has 0 saturated carbocycles. The monoisotopic (exact) mass is 240 g/mol. The van der Waals surface area contributed by atoms with Crippen molar-refractivity contribution in [2.75, 3.05) is 5.32 Å². The Hall–Kier alpha value is -2.28. The third-order valence-corrected chi connectivity index (χ3v) is 3.05. The van der Waals surface area contributed by atoms with Crippen LogP contribution in [0.2, 0.25) is 0 Å². The number of benzene rings is 1. The smallest absolute Gasteiger partial charge is 0.143 e. The summed E-state index contributed by atoms with van der Waals surface area (Å²) in [7, 11) is 0. The van der Waals surface area contributed by atoms with Crippen molar-refractivity contribution in [2.45, 2.75) is 26.8 Å². The summed E-state index contributed by atoms with van der Waals surface area (Å²) < 4.78 is 0. The Labute approximate surface area is 107 Å². The molecule has 0 aliphatic carbocycles. The highest BCUT2D eigenvalue weighted by atomic mass is 15.1. The summed E-state index contributed by atoms with van der Waals surface area (Å²) in [6.45, 7) is 5.85. The van der Waals surface area contributed by atoms with Gasteiger partial charge in [0.1, 0.15) is 6.04 Å². The van der Waals surface area contributed by atoms with Gasteiger partial charge in [-0.25, -0.2) is 0 Å². The number of nitrogens with zero attached hydrogens (tertiary/aromatic N) is 2. The first-order chi connectivity index (χ1) is 8.63. The van der Waals surface area contributed by atoms with E-state index in [0.29, 0.717) is 0 Å². The van der Waals surface area contributed by atoms with Crippen LogP contribution < -0.4 is 5.32 Å². The molecule has 4 heteroatoms. The molecule has 0 amide bonds. The Balaban J connectivity index is 2.32. The van der Waals surface area contributed by atoms with Gasteiger partial charge in [0, 0.05) is 16.9 Å². The predicted octanol–water partition coefficient (Wildman–Crippen LogP) is 3.01. The molecule has 1 aromatic heterocycles. The Morgan fingerprint density at radius 2 is 2.00 bits per heavy atom. The van der Waals surface area contributed by atoms with Crippen molar-refractivity contribution in [1.29, 1.82) is 5.26 Å². The second-order valence-electron chi connectivity index (χ2n) is 4.37. The molecule has 92 valence electrons. The van der Waals surface area contributed by atoms with Crippen LogP contribution in [0.25, 0.3) is 0 Å². The fourth-order valence-corrected chi connectivity index (χ4v) is 2.04. The number of aromatic nitrogens is 2. The fraction of sp³-hybridized carbons (Fsp3) is 0.286. The van der Waals surface area contributed by atoms with Crippen molar-refractivity contribution in [3.05, 3.63) is 46.8 Å². The largest absolute Gasteiger partial charge is 0.366 e. The fourth-order valence-electron chi connectivity index (χ4n) is 2.04. The molecule has 4 nitrogen and oxygen atoms in total. The summed E-state index contributed by atoms with van der Waals surface area (Å²) in [6, 6.07) is 9.84. The first-order valence-corrected chi connectivity index (χ1v) is 5.86. The molecule has 1 heterocycles. The molecule has 18 heavy (non-hydrogen) atoms. The van der Waals surface area contributed by atoms with Crippen LogP contribution in [0.15, 0.2) is 24.3 Å². The van der Waals surface area contributed by atoms with Crippen LogP contribution in [-0.4, -0.2) is 10.2 Å². The van der Waals surface area contributed by atoms with E-state index in [1.54, 1.807) is 0 Å². The molecule has 1 aromatic carbocycles. The van der Waals surface area contributed by atoms with Crippen LogP contribution >= 0.6 is 0 Å². The highest BCUT2D eigenvalue weighted by Crippen LogP contribution is 2.25. The van der Waals surface area contributed by atoms with Crippen LogP contribution in [0.3, 0.4) is 0 Å². The zero-order valence-electron chi connectivity index (χ0n) is 10.8. The molecule has 0 radical (unpaired) electrons. The zero-order chi connectivity index (χ0) is 13.1. The average molecular weight is 240 g/mol.